The molecule has 2 nitrogen and oxygen atoms in total. The van der Waals surface area contributed by atoms with Gasteiger partial charge < -0.3 is 0 Å². The van der Waals surface area contributed by atoms with Crippen molar-refractivity contribution in [3.8, 4) is 0 Å². The van der Waals surface area contributed by atoms with Gasteiger partial charge >= 0.3 is 0 Å². The van der Waals surface area contributed by atoms with Gasteiger partial charge in [-0.15, -0.1) is 0 Å². The van der Waals surface area contributed by atoms with Crippen molar-refractivity contribution in [2.75, 3.05) is 0 Å². The van der Waals surface area contributed by atoms with Gasteiger partial charge in [0.05, 0.1) is 5.52 Å². The first-order chi connectivity index (χ1) is 9.34. The Labute approximate surface area is 113 Å². The van der Waals surface area contributed by atoms with Crippen molar-refractivity contribution in [2.24, 2.45) is 0 Å². The summed E-state index contributed by atoms with van der Waals surface area (Å²) in [5, 5.41) is 1.03. The van der Waals surface area contributed by atoms with E-state index in [4.69, 9.17) is 0 Å². The van der Waals surface area contributed by atoms with Crippen LogP contribution >= 0.6 is 0 Å². The third kappa shape index (κ3) is 2.58. The number of benzene rings is 1. The summed E-state index contributed by atoms with van der Waals surface area (Å²) in [6.07, 6.45) is 9.31. The molecule has 0 bridgehead atoms. The van der Waals surface area contributed by atoms with Crippen LogP contribution in [0, 0.1) is 0 Å². The summed E-state index contributed by atoms with van der Waals surface area (Å²) in [7, 11) is 0. The quantitative estimate of drug-likeness (QED) is 0.744. The number of Topliss-reactive ketones (excluding diaryl/α,β-unsaturated/α-hetero) is 1. The predicted octanol–water partition coefficient (Wildman–Crippen LogP) is 4.31. The Balaban J connectivity index is 1.94. The largest absolute Gasteiger partial charge is 0.289 e. The number of rotatable bonds is 2. The predicted molar refractivity (Wildman–Crippen MR) is 77.2 cm³/mol. The van der Waals surface area contributed by atoms with E-state index in [9.17, 15) is 4.79 Å². The highest BCUT2D eigenvalue weighted by Gasteiger charge is 2.14. The van der Waals surface area contributed by atoms with Crippen LogP contribution in [0.5, 0.6) is 0 Å². The maximum Gasteiger partial charge on any atom is 0.190 e. The molecule has 0 amide bonds. The molecule has 1 aliphatic rings. The van der Waals surface area contributed by atoms with Gasteiger partial charge in [0.25, 0.3) is 0 Å². The number of aromatic nitrogens is 1. The summed E-state index contributed by atoms with van der Waals surface area (Å²) in [5.74, 6) is 0.153. The molecule has 0 aliphatic heterocycles. The van der Waals surface area contributed by atoms with Gasteiger partial charge in [0, 0.05) is 17.1 Å². The van der Waals surface area contributed by atoms with Crippen molar-refractivity contribution < 1.29 is 4.79 Å². The second-order valence-corrected chi connectivity index (χ2v) is 5.07. The molecule has 0 radical (unpaired) electrons. The Morgan fingerprint density at radius 1 is 1.11 bits per heavy atom. The van der Waals surface area contributed by atoms with E-state index in [-0.39, 0.29) is 5.78 Å². The molecule has 1 aromatic heterocycles. The second-order valence-electron chi connectivity index (χ2n) is 5.07. The second kappa shape index (κ2) is 5.35. The average molecular weight is 251 g/mol. The van der Waals surface area contributed by atoms with E-state index >= 15 is 0 Å². The minimum atomic E-state index is 0.153. The van der Waals surface area contributed by atoms with Gasteiger partial charge in [-0.2, -0.15) is 0 Å². The molecule has 0 spiro atoms. The topological polar surface area (TPSA) is 30.0 Å². The maximum absolute atomic E-state index is 12.5. The minimum absolute atomic E-state index is 0.153. The number of carbonyl (C=O) groups is 1. The molecule has 96 valence electrons. The zero-order chi connectivity index (χ0) is 13.1. The van der Waals surface area contributed by atoms with Crippen molar-refractivity contribution in [2.45, 2.75) is 32.1 Å². The standard InChI is InChI=1S/C17H17NO/c19-17(13-7-3-1-2-4-8-13)15-11-14-9-5-6-10-16(14)18-12-15/h5-7,9-12H,1-4,8H2. The van der Waals surface area contributed by atoms with E-state index in [1.54, 1.807) is 6.20 Å². The van der Waals surface area contributed by atoms with Gasteiger partial charge in [-0.05, 0) is 43.4 Å². The first-order valence-electron chi connectivity index (χ1n) is 6.93. The molecule has 0 fully saturated rings. The average Bonchev–Trinajstić information content (AvgIpc) is 2.75. The first kappa shape index (κ1) is 12.1. The normalized spacial score (nSPS) is 15.9. The number of para-hydroxylation sites is 1. The third-order valence-electron chi connectivity index (χ3n) is 3.69. The van der Waals surface area contributed by atoms with E-state index in [1.165, 1.54) is 12.8 Å². The van der Waals surface area contributed by atoms with E-state index < -0.39 is 0 Å². The molecule has 0 saturated carbocycles. The highest BCUT2D eigenvalue weighted by molar-refractivity contribution is 6.09. The molecular weight excluding hydrogens is 234 g/mol. The molecule has 0 saturated heterocycles. The molecule has 2 aromatic rings. The molecule has 1 aliphatic carbocycles. The Morgan fingerprint density at radius 3 is 2.95 bits per heavy atom. The van der Waals surface area contributed by atoms with Crippen LogP contribution in [0.15, 0.2) is 48.2 Å². The summed E-state index contributed by atoms with van der Waals surface area (Å²) in [5.41, 5.74) is 2.62. The Hall–Kier alpha value is -1.96. The van der Waals surface area contributed by atoms with Gasteiger partial charge in [-0.1, -0.05) is 30.7 Å². The van der Waals surface area contributed by atoms with Crippen LogP contribution in [0.4, 0.5) is 0 Å². The Morgan fingerprint density at radius 2 is 2.00 bits per heavy atom. The summed E-state index contributed by atoms with van der Waals surface area (Å²) in [6.45, 7) is 0. The lowest BCUT2D eigenvalue weighted by Gasteiger charge is -2.05. The lowest BCUT2D eigenvalue weighted by Crippen LogP contribution is -2.04. The zero-order valence-corrected chi connectivity index (χ0v) is 10.9. The van der Waals surface area contributed by atoms with Crippen LogP contribution in [-0.4, -0.2) is 10.8 Å². The highest BCUT2D eigenvalue weighted by Crippen LogP contribution is 2.22. The fourth-order valence-electron chi connectivity index (χ4n) is 2.60. The monoisotopic (exact) mass is 251 g/mol. The SMILES string of the molecule is O=C(C1=CCCCCC1)c1cnc2ccccc2c1. The smallest absolute Gasteiger partial charge is 0.190 e. The van der Waals surface area contributed by atoms with Crippen molar-refractivity contribution in [1.29, 1.82) is 0 Å². The van der Waals surface area contributed by atoms with Crippen LogP contribution in [0.3, 0.4) is 0 Å². The molecule has 0 unspecified atom stereocenters. The fourth-order valence-corrected chi connectivity index (χ4v) is 2.60. The zero-order valence-electron chi connectivity index (χ0n) is 10.9. The maximum atomic E-state index is 12.5. The van der Waals surface area contributed by atoms with Crippen LogP contribution < -0.4 is 0 Å². The fraction of sp³-hybridized carbons (Fsp3) is 0.294. The van der Waals surface area contributed by atoms with E-state index in [2.05, 4.69) is 11.1 Å². The summed E-state index contributed by atoms with van der Waals surface area (Å²) in [4.78, 5) is 16.9. The Kier molecular flexibility index (Phi) is 3.41. The van der Waals surface area contributed by atoms with E-state index in [1.807, 2.05) is 30.3 Å². The number of pyridine rings is 1. The van der Waals surface area contributed by atoms with Crippen molar-refractivity contribution in [3.05, 3.63) is 53.7 Å². The molecule has 0 atom stereocenters. The number of hydrogen-bond acceptors (Lipinski definition) is 2. The number of allylic oxidation sites excluding steroid dienone is 2. The number of nitrogens with zero attached hydrogens (tertiary/aromatic N) is 1. The van der Waals surface area contributed by atoms with Gasteiger partial charge in [0.15, 0.2) is 5.78 Å². The number of carbonyl (C=O) groups excluding carboxylic acids is 1. The van der Waals surface area contributed by atoms with Crippen molar-refractivity contribution in [3.63, 3.8) is 0 Å². The van der Waals surface area contributed by atoms with Crippen molar-refractivity contribution in [1.82, 2.24) is 4.98 Å². The van der Waals surface area contributed by atoms with Gasteiger partial charge in [0.2, 0.25) is 0 Å². The Bertz CT molecular complexity index is 643. The van der Waals surface area contributed by atoms with Gasteiger partial charge in [0.1, 0.15) is 0 Å². The minimum Gasteiger partial charge on any atom is -0.289 e. The molecule has 1 heterocycles. The number of ketones is 1. The summed E-state index contributed by atoms with van der Waals surface area (Å²) in [6, 6.07) is 9.86. The van der Waals surface area contributed by atoms with Crippen LogP contribution in [-0.2, 0) is 0 Å². The molecule has 3 rings (SSSR count). The van der Waals surface area contributed by atoms with E-state index in [0.717, 1.165) is 35.7 Å². The molecule has 0 N–H and O–H groups in total. The highest BCUT2D eigenvalue weighted by atomic mass is 16.1. The van der Waals surface area contributed by atoms with Crippen LogP contribution in [0.1, 0.15) is 42.5 Å². The van der Waals surface area contributed by atoms with Gasteiger partial charge in [-0.3, -0.25) is 9.78 Å². The third-order valence-corrected chi connectivity index (χ3v) is 3.69. The van der Waals surface area contributed by atoms with Gasteiger partial charge in [-0.25, -0.2) is 0 Å². The lowest BCUT2D eigenvalue weighted by atomic mass is 10.00. The molecule has 2 heteroatoms. The molecule has 19 heavy (non-hydrogen) atoms. The van der Waals surface area contributed by atoms with Crippen LogP contribution in [0.2, 0.25) is 0 Å². The number of hydrogen-bond donors (Lipinski definition) is 0. The first-order valence-corrected chi connectivity index (χ1v) is 6.93. The molecule has 1 aromatic carbocycles. The lowest BCUT2D eigenvalue weighted by molar-refractivity contribution is 0.103. The van der Waals surface area contributed by atoms with Crippen LogP contribution in [0.25, 0.3) is 10.9 Å². The summed E-state index contributed by atoms with van der Waals surface area (Å²) < 4.78 is 0. The molecular formula is C17H17NO. The van der Waals surface area contributed by atoms with Crippen molar-refractivity contribution >= 4 is 16.7 Å². The van der Waals surface area contributed by atoms with E-state index in [0.29, 0.717) is 5.56 Å². The number of fused-ring (bicyclic) bond motifs is 1. The summed E-state index contributed by atoms with van der Waals surface area (Å²) >= 11 is 0.